The van der Waals surface area contributed by atoms with Crippen molar-refractivity contribution in [3.05, 3.63) is 52.8 Å². The molecule has 0 spiro atoms. The number of pyridine rings is 1. The van der Waals surface area contributed by atoms with E-state index >= 15 is 0 Å². The quantitative estimate of drug-likeness (QED) is 0.930. The number of carboxylic acid groups (broad SMARTS) is 1. The molecule has 6 heteroatoms. The minimum Gasteiger partial charge on any atom is -0.476 e. The highest BCUT2D eigenvalue weighted by Crippen LogP contribution is 2.31. The number of hydrogen-bond donors (Lipinski definition) is 1. The lowest BCUT2D eigenvalue weighted by Crippen LogP contribution is -2.02. The number of benzene rings is 1. The van der Waals surface area contributed by atoms with Gasteiger partial charge in [-0.15, -0.1) is 0 Å². The molecule has 19 heavy (non-hydrogen) atoms. The zero-order valence-corrected chi connectivity index (χ0v) is 10.3. The molecular formula is C13H7ClN2O3. The standard InChI is InChI=1S/C13H7ClN2O3/c14-9-6-8(7-15)3-4-10(9)19-11-2-1-5-16-12(11)13(17)18/h1-6H,(H,17,18). The van der Waals surface area contributed by atoms with Crippen molar-refractivity contribution in [2.45, 2.75) is 0 Å². The molecule has 1 heterocycles. The molecule has 0 aliphatic heterocycles. The second-order valence-electron chi connectivity index (χ2n) is 3.51. The summed E-state index contributed by atoms with van der Waals surface area (Å²) in [6, 6.07) is 9.44. The molecule has 0 radical (unpaired) electrons. The highest BCUT2D eigenvalue weighted by Gasteiger charge is 2.14. The molecule has 1 aromatic carbocycles. The molecule has 1 aromatic heterocycles. The lowest BCUT2D eigenvalue weighted by Gasteiger charge is -2.09. The molecule has 2 rings (SSSR count). The predicted molar refractivity (Wildman–Crippen MR) is 67.4 cm³/mol. The van der Waals surface area contributed by atoms with Gasteiger partial charge in [0.05, 0.1) is 16.7 Å². The predicted octanol–water partition coefficient (Wildman–Crippen LogP) is 3.10. The Hall–Kier alpha value is -2.58. The first-order valence-electron chi connectivity index (χ1n) is 5.17. The van der Waals surface area contributed by atoms with Gasteiger partial charge in [0.25, 0.3) is 0 Å². The van der Waals surface area contributed by atoms with Crippen LogP contribution in [0.3, 0.4) is 0 Å². The number of ether oxygens (including phenoxy) is 1. The van der Waals surface area contributed by atoms with E-state index in [2.05, 4.69) is 4.98 Å². The van der Waals surface area contributed by atoms with Crippen LogP contribution in [0.1, 0.15) is 16.1 Å². The molecule has 0 saturated heterocycles. The summed E-state index contributed by atoms with van der Waals surface area (Å²) in [5.41, 5.74) is 0.185. The molecule has 0 amide bonds. The number of nitriles is 1. The fourth-order valence-corrected chi connectivity index (χ4v) is 1.62. The largest absolute Gasteiger partial charge is 0.476 e. The lowest BCUT2D eigenvalue weighted by atomic mass is 10.2. The van der Waals surface area contributed by atoms with E-state index in [-0.39, 0.29) is 22.2 Å². The average Bonchev–Trinajstić information content (AvgIpc) is 2.41. The van der Waals surface area contributed by atoms with E-state index in [0.717, 1.165) is 0 Å². The maximum atomic E-state index is 11.0. The third-order valence-electron chi connectivity index (χ3n) is 2.25. The van der Waals surface area contributed by atoms with Crippen LogP contribution in [0.15, 0.2) is 36.5 Å². The molecule has 0 aliphatic rings. The Morgan fingerprint density at radius 2 is 2.16 bits per heavy atom. The highest BCUT2D eigenvalue weighted by molar-refractivity contribution is 6.32. The summed E-state index contributed by atoms with van der Waals surface area (Å²) in [4.78, 5) is 14.7. The van der Waals surface area contributed by atoms with E-state index < -0.39 is 5.97 Å². The van der Waals surface area contributed by atoms with Crippen LogP contribution in [0.5, 0.6) is 11.5 Å². The summed E-state index contributed by atoms with van der Waals surface area (Å²) < 4.78 is 5.42. The van der Waals surface area contributed by atoms with Crippen LogP contribution in [-0.4, -0.2) is 16.1 Å². The third-order valence-corrected chi connectivity index (χ3v) is 2.55. The van der Waals surface area contributed by atoms with Gasteiger partial charge in [-0.05, 0) is 30.3 Å². The Labute approximate surface area is 113 Å². The van der Waals surface area contributed by atoms with Gasteiger partial charge in [0.15, 0.2) is 11.4 Å². The van der Waals surface area contributed by atoms with E-state index in [1.54, 1.807) is 6.07 Å². The topological polar surface area (TPSA) is 83.2 Å². The van der Waals surface area contributed by atoms with Gasteiger partial charge in [-0.2, -0.15) is 5.26 Å². The molecule has 0 atom stereocenters. The Bertz CT molecular complexity index is 680. The van der Waals surface area contributed by atoms with Crippen molar-refractivity contribution in [2.24, 2.45) is 0 Å². The maximum Gasteiger partial charge on any atom is 0.358 e. The molecular weight excluding hydrogens is 268 g/mol. The number of rotatable bonds is 3. The van der Waals surface area contributed by atoms with Crippen LogP contribution >= 0.6 is 11.6 Å². The van der Waals surface area contributed by atoms with Crippen molar-refractivity contribution in [3.63, 3.8) is 0 Å². The summed E-state index contributed by atoms with van der Waals surface area (Å²) in [5, 5.41) is 17.9. The first-order chi connectivity index (χ1) is 9.11. The van der Waals surface area contributed by atoms with E-state index in [9.17, 15) is 4.79 Å². The molecule has 0 saturated carbocycles. The lowest BCUT2D eigenvalue weighted by molar-refractivity contribution is 0.0687. The van der Waals surface area contributed by atoms with Gasteiger partial charge in [-0.25, -0.2) is 9.78 Å². The number of halogens is 1. The van der Waals surface area contributed by atoms with Crippen molar-refractivity contribution < 1.29 is 14.6 Å². The average molecular weight is 275 g/mol. The maximum absolute atomic E-state index is 11.0. The van der Waals surface area contributed by atoms with Gasteiger partial charge < -0.3 is 9.84 Å². The van der Waals surface area contributed by atoms with Gasteiger partial charge in [0, 0.05) is 6.20 Å². The number of hydrogen-bond acceptors (Lipinski definition) is 4. The molecule has 5 nitrogen and oxygen atoms in total. The molecule has 0 fully saturated rings. The SMILES string of the molecule is N#Cc1ccc(Oc2cccnc2C(=O)O)c(Cl)c1. The summed E-state index contributed by atoms with van der Waals surface area (Å²) in [7, 11) is 0. The molecule has 0 unspecified atom stereocenters. The fourth-order valence-electron chi connectivity index (χ4n) is 1.41. The van der Waals surface area contributed by atoms with E-state index in [1.807, 2.05) is 6.07 Å². The molecule has 2 aromatic rings. The second kappa shape index (κ2) is 5.38. The molecule has 0 bridgehead atoms. The van der Waals surface area contributed by atoms with Gasteiger partial charge >= 0.3 is 5.97 Å². The summed E-state index contributed by atoms with van der Waals surface area (Å²) in [6.07, 6.45) is 1.36. The minimum absolute atomic E-state index is 0.0848. The number of aromatic carboxylic acids is 1. The minimum atomic E-state index is -1.19. The van der Waals surface area contributed by atoms with Crippen LogP contribution in [-0.2, 0) is 0 Å². The molecule has 1 N–H and O–H groups in total. The van der Waals surface area contributed by atoms with E-state index in [0.29, 0.717) is 5.56 Å². The second-order valence-corrected chi connectivity index (χ2v) is 3.92. The normalized spacial score (nSPS) is 9.68. The van der Waals surface area contributed by atoms with Crippen molar-refractivity contribution in [3.8, 4) is 17.6 Å². The number of carboxylic acids is 1. The fraction of sp³-hybridized carbons (Fsp3) is 0. The summed E-state index contributed by atoms with van der Waals surface area (Å²) in [6.45, 7) is 0. The van der Waals surface area contributed by atoms with E-state index in [4.69, 9.17) is 26.7 Å². The van der Waals surface area contributed by atoms with E-state index in [1.165, 1.54) is 30.5 Å². The first-order valence-corrected chi connectivity index (χ1v) is 5.55. The van der Waals surface area contributed by atoms with Crippen molar-refractivity contribution in [1.82, 2.24) is 4.98 Å². The smallest absolute Gasteiger partial charge is 0.358 e. The zero-order chi connectivity index (χ0) is 13.8. The molecule has 0 aliphatic carbocycles. The van der Waals surface area contributed by atoms with Crippen LogP contribution in [0.4, 0.5) is 0 Å². The Kier molecular flexibility index (Phi) is 3.64. The number of carbonyl (C=O) groups is 1. The number of aromatic nitrogens is 1. The molecule has 94 valence electrons. The van der Waals surface area contributed by atoms with Crippen molar-refractivity contribution in [2.75, 3.05) is 0 Å². The van der Waals surface area contributed by atoms with Gasteiger partial charge in [0.1, 0.15) is 5.75 Å². The zero-order valence-electron chi connectivity index (χ0n) is 9.50. The monoisotopic (exact) mass is 274 g/mol. The summed E-state index contributed by atoms with van der Waals surface area (Å²) >= 11 is 5.95. The van der Waals surface area contributed by atoms with Crippen LogP contribution < -0.4 is 4.74 Å². The van der Waals surface area contributed by atoms with Crippen LogP contribution in [0, 0.1) is 11.3 Å². The van der Waals surface area contributed by atoms with Crippen LogP contribution in [0.25, 0.3) is 0 Å². The van der Waals surface area contributed by atoms with Crippen molar-refractivity contribution in [1.29, 1.82) is 5.26 Å². The van der Waals surface area contributed by atoms with Crippen LogP contribution in [0.2, 0.25) is 5.02 Å². The Morgan fingerprint density at radius 1 is 1.37 bits per heavy atom. The van der Waals surface area contributed by atoms with Gasteiger partial charge in [-0.3, -0.25) is 0 Å². The number of nitrogens with zero attached hydrogens (tertiary/aromatic N) is 2. The third kappa shape index (κ3) is 2.81. The summed E-state index contributed by atoms with van der Waals surface area (Å²) in [5.74, 6) is -0.849. The first kappa shape index (κ1) is 12.9. The van der Waals surface area contributed by atoms with Gasteiger partial charge in [-0.1, -0.05) is 11.6 Å². The Morgan fingerprint density at radius 3 is 2.79 bits per heavy atom. The van der Waals surface area contributed by atoms with Crippen molar-refractivity contribution >= 4 is 17.6 Å². The van der Waals surface area contributed by atoms with Gasteiger partial charge in [0.2, 0.25) is 0 Å². The Balaban J connectivity index is 2.37. The highest BCUT2D eigenvalue weighted by atomic mass is 35.5.